The Bertz CT molecular complexity index is 511. The maximum atomic E-state index is 15.1. The standard InChI is InChI=1S/C16H19F4NO/c1-4-13(12-10-8-7-9-11-12)15(17,16(18,19)20)14(22)21(5-2)6-3/h4,7-11,13H,1,5-6H2,2-3H3. The summed E-state index contributed by atoms with van der Waals surface area (Å²) in [6.45, 7) is 6.30. The van der Waals surface area contributed by atoms with Gasteiger partial charge in [0.2, 0.25) is 0 Å². The summed E-state index contributed by atoms with van der Waals surface area (Å²) in [4.78, 5) is 13.1. The van der Waals surface area contributed by atoms with E-state index in [9.17, 15) is 18.0 Å². The number of amides is 1. The molecular formula is C16H19F4NO. The monoisotopic (exact) mass is 317 g/mol. The Morgan fingerprint density at radius 2 is 1.68 bits per heavy atom. The largest absolute Gasteiger partial charge is 0.432 e. The third-order valence-electron chi connectivity index (χ3n) is 3.60. The van der Waals surface area contributed by atoms with Crippen LogP contribution >= 0.6 is 0 Å². The topological polar surface area (TPSA) is 20.3 Å². The van der Waals surface area contributed by atoms with Crippen molar-refractivity contribution in [1.82, 2.24) is 4.90 Å². The van der Waals surface area contributed by atoms with Gasteiger partial charge in [0.15, 0.2) is 0 Å². The molecule has 0 heterocycles. The number of hydrogen-bond acceptors (Lipinski definition) is 1. The van der Waals surface area contributed by atoms with E-state index in [1.807, 2.05) is 0 Å². The van der Waals surface area contributed by atoms with E-state index in [1.165, 1.54) is 38.1 Å². The smallest absolute Gasteiger partial charge is 0.340 e. The summed E-state index contributed by atoms with van der Waals surface area (Å²) in [6.07, 6.45) is -4.51. The van der Waals surface area contributed by atoms with Crippen LogP contribution in [0.3, 0.4) is 0 Å². The Morgan fingerprint density at radius 3 is 2.05 bits per heavy atom. The molecule has 1 rings (SSSR count). The highest BCUT2D eigenvalue weighted by Crippen LogP contribution is 2.46. The molecule has 122 valence electrons. The number of rotatable bonds is 6. The Kier molecular flexibility index (Phi) is 5.74. The summed E-state index contributed by atoms with van der Waals surface area (Å²) in [5.41, 5.74) is -3.99. The Balaban J connectivity index is 3.44. The molecule has 0 saturated carbocycles. The number of allylic oxidation sites excluding steroid dienone is 1. The van der Waals surface area contributed by atoms with E-state index in [-0.39, 0.29) is 18.7 Å². The molecule has 6 heteroatoms. The molecule has 0 aliphatic rings. The van der Waals surface area contributed by atoms with Crippen molar-refractivity contribution in [2.24, 2.45) is 0 Å². The number of alkyl halides is 4. The second kappa shape index (κ2) is 6.94. The lowest BCUT2D eigenvalue weighted by Gasteiger charge is -2.36. The van der Waals surface area contributed by atoms with Crippen LogP contribution in [0.2, 0.25) is 0 Å². The van der Waals surface area contributed by atoms with Crippen LogP contribution in [0.15, 0.2) is 43.0 Å². The third kappa shape index (κ3) is 3.15. The van der Waals surface area contributed by atoms with Crippen LogP contribution < -0.4 is 0 Å². The molecule has 0 aliphatic heterocycles. The fourth-order valence-electron chi connectivity index (χ4n) is 2.36. The average molecular weight is 317 g/mol. The predicted molar refractivity (Wildman–Crippen MR) is 77.2 cm³/mol. The highest BCUT2D eigenvalue weighted by atomic mass is 19.4. The van der Waals surface area contributed by atoms with Gasteiger partial charge in [-0.2, -0.15) is 13.2 Å². The molecule has 0 saturated heterocycles. The summed E-state index contributed by atoms with van der Waals surface area (Å²) < 4.78 is 55.4. The molecule has 1 aromatic carbocycles. The Hall–Kier alpha value is -1.85. The first kappa shape index (κ1) is 18.2. The normalized spacial score (nSPS) is 15.7. The third-order valence-corrected chi connectivity index (χ3v) is 3.60. The van der Waals surface area contributed by atoms with Crippen molar-refractivity contribution in [2.45, 2.75) is 31.6 Å². The van der Waals surface area contributed by atoms with E-state index < -0.39 is 23.7 Å². The van der Waals surface area contributed by atoms with Crippen LogP contribution in [0.1, 0.15) is 25.3 Å². The molecule has 22 heavy (non-hydrogen) atoms. The SMILES string of the molecule is C=CC(c1ccccc1)C(F)(C(=O)N(CC)CC)C(F)(F)F. The number of carbonyl (C=O) groups excluding carboxylic acids is 1. The van der Waals surface area contributed by atoms with Crippen LogP contribution in [0.5, 0.6) is 0 Å². The lowest BCUT2D eigenvalue weighted by molar-refractivity contribution is -0.235. The van der Waals surface area contributed by atoms with Crippen LogP contribution in [0.4, 0.5) is 17.6 Å². The minimum absolute atomic E-state index is 0.00423. The number of halogens is 4. The van der Waals surface area contributed by atoms with Crippen LogP contribution in [-0.4, -0.2) is 35.7 Å². The van der Waals surface area contributed by atoms with Gasteiger partial charge in [-0.15, -0.1) is 6.58 Å². The number of carbonyl (C=O) groups is 1. The highest BCUT2D eigenvalue weighted by molar-refractivity contribution is 5.88. The van der Waals surface area contributed by atoms with Crippen LogP contribution in [-0.2, 0) is 4.79 Å². The zero-order chi connectivity index (χ0) is 17.0. The van der Waals surface area contributed by atoms with Gasteiger partial charge in [-0.3, -0.25) is 4.79 Å². The van der Waals surface area contributed by atoms with Crippen molar-refractivity contribution >= 4 is 5.91 Å². The van der Waals surface area contributed by atoms with Crippen molar-refractivity contribution in [3.05, 3.63) is 48.6 Å². The molecule has 0 fully saturated rings. The zero-order valence-corrected chi connectivity index (χ0v) is 12.5. The van der Waals surface area contributed by atoms with E-state index in [0.717, 1.165) is 11.0 Å². The van der Waals surface area contributed by atoms with Crippen LogP contribution in [0, 0.1) is 0 Å². The molecular weight excluding hydrogens is 298 g/mol. The summed E-state index contributed by atoms with van der Waals surface area (Å²) in [5, 5.41) is 0. The summed E-state index contributed by atoms with van der Waals surface area (Å²) in [6, 6.07) is 7.28. The second-order valence-electron chi connectivity index (χ2n) is 4.81. The van der Waals surface area contributed by atoms with E-state index in [1.54, 1.807) is 6.07 Å². The fourth-order valence-corrected chi connectivity index (χ4v) is 2.36. The van der Waals surface area contributed by atoms with E-state index in [4.69, 9.17) is 0 Å². The summed E-state index contributed by atoms with van der Waals surface area (Å²) in [5.74, 6) is -3.39. The Labute approximate surface area is 127 Å². The molecule has 0 spiro atoms. The van der Waals surface area contributed by atoms with Crippen LogP contribution in [0.25, 0.3) is 0 Å². The van der Waals surface area contributed by atoms with Crippen molar-refractivity contribution in [3.63, 3.8) is 0 Å². The highest BCUT2D eigenvalue weighted by Gasteiger charge is 2.66. The van der Waals surface area contributed by atoms with Gasteiger partial charge < -0.3 is 4.90 Å². The van der Waals surface area contributed by atoms with Gasteiger partial charge in [0.25, 0.3) is 11.6 Å². The predicted octanol–water partition coefficient (Wildman–Crippen LogP) is 4.10. The van der Waals surface area contributed by atoms with Crippen molar-refractivity contribution in [2.75, 3.05) is 13.1 Å². The number of hydrogen-bond donors (Lipinski definition) is 0. The summed E-state index contributed by atoms with van der Waals surface area (Å²) >= 11 is 0. The van der Waals surface area contributed by atoms with Gasteiger partial charge in [-0.05, 0) is 19.4 Å². The first-order valence-corrected chi connectivity index (χ1v) is 6.96. The van der Waals surface area contributed by atoms with Crippen molar-refractivity contribution in [3.8, 4) is 0 Å². The van der Waals surface area contributed by atoms with Crippen molar-refractivity contribution in [1.29, 1.82) is 0 Å². The number of nitrogens with zero attached hydrogens (tertiary/aromatic N) is 1. The molecule has 0 aromatic heterocycles. The first-order valence-electron chi connectivity index (χ1n) is 6.96. The zero-order valence-electron chi connectivity index (χ0n) is 12.5. The minimum Gasteiger partial charge on any atom is -0.340 e. The fraction of sp³-hybridized carbons (Fsp3) is 0.438. The molecule has 2 atom stereocenters. The molecule has 0 aliphatic carbocycles. The Morgan fingerprint density at radius 1 is 1.18 bits per heavy atom. The molecule has 2 unspecified atom stereocenters. The lowest BCUT2D eigenvalue weighted by Crippen LogP contribution is -2.58. The maximum absolute atomic E-state index is 15.1. The van der Waals surface area contributed by atoms with Gasteiger partial charge in [0.1, 0.15) is 0 Å². The average Bonchev–Trinajstić information content (AvgIpc) is 2.48. The van der Waals surface area contributed by atoms with Gasteiger partial charge in [0, 0.05) is 13.1 Å². The lowest BCUT2D eigenvalue weighted by atomic mass is 9.81. The quantitative estimate of drug-likeness (QED) is 0.571. The van der Waals surface area contributed by atoms with Gasteiger partial charge >= 0.3 is 6.18 Å². The van der Waals surface area contributed by atoms with E-state index >= 15 is 4.39 Å². The number of benzene rings is 1. The van der Waals surface area contributed by atoms with Gasteiger partial charge in [-0.1, -0.05) is 36.4 Å². The van der Waals surface area contributed by atoms with Gasteiger partial charge in [-0.25, -0.2) is 4.39 Å². The van der Waals surface area contributed by atoms with E-state index in [0.29, 0.717) is 0 Å². The molecule has 0 bridgehead atoms. The molecule has 0 N–H and O–H groups in total. The molecule has 2 nitrogen and oxygen atoms in total. The first-order chi connectivity index (χ1) is 10.2. The second-order valence-corrected chi connectivity index (χ2v) is 4.81. The van der Waals surface area contributed by atoms with Crippen molar-refractivity contribution < 1.29 is 22.4 Å². The molecule has 1 aromatic rings. The molecule has 0 radical (unpaired) electrons. The minimum atomic E-state index is -5.35. The molecule has 1 amide bonds. The summed E-state index contributed by atoms with van der Waals surface area (Å²) in [7, 11) is 0. The van der Waals surface area contributed by atoms with Gasteiger partial charge in [0.05, 0.1) is 5.92 Å². The maximum Gasteiger partial charge on any atom is 0.432 e. The van der Waals surface area contributed by atoms with E-state index in [2.05, 4.69) is 6.58 Å².